The second-order valence-corrected chi connectivity index (χ2v) is 7.15. The zero-order valence-corrected chi connectivity index (χ0v) is 16.6. The number of hydrogen-bond donors (Lipinski definition) is 2. The lowest BCUT2D eigenvalue weighted by atomic mass is 9.95. The van der Waals surface area contributed by atoms with Crippen molar-refractivity contribution < 1.29 is 19.4 Å². The van der Waals surface area contributed by atoms with Crippen LogP contribution in [0.25, 0.3) is 11.1 Å². The summed E-state index contributed by atoms with van der Waals surface area (Å²) in [6.45, 7) is 2.26. The molecule has 1 aromatic heterocycles. The average molecular weight is 403 g/mol. The van der Waals surface area contributed by atoms with Gasteiger partial charge in [-0.3, -0.25) is 9.69 Å². The Bertz CT molecular complexity index is 1110. The first kappa shape index (κ1) is 19.4. The van der Waals surface area contributed by atoms with Gasteiger partial charge in [0.05, 0.1) is 12.2 Å². The number of pyridine rings is 1. The van der Waals surface area contributed by atoms with Gasteiger partial charge in [-0.25, -0.2) is 9.78 Å². The fraction of sp³-hybridized carbons (Fsp3) is 0.174. The van der Waals surface area contributed by atoms with Crippen molar-refractivity contribution in [3.05, 3.63) is 77.5 Å². The average Bonchev–Trinajstić information content (AvgIpc) is 2.78. The van der Waals surface area contributed by atoms with Crippen molar-refractivity contribution in [2.24, 2.45) is 0 Å². The van der Waals surface area contributed by atoms with Gasteiger partial charge in [-0.05, 0) is 41.8 Å². The highest BCUT2D eigenvalue weighted by Gasteiger charge is 2.22. The summed E-state index contributed by atoms with van der Waals surface area (Å²) >= 11 is 0. The maximum absolute atomic E-state index is 12.7. The first-order valence-corrected chi connectivity index (χ1v) is 9.52. The normalized spacial score (nSPS) is 12.7. The number of nitrogens with one attached hydrogen (secondary N) is 1. The number of carboxylic acid groups (broad SMARTS) is 1. The van der Waals surface area contributed by atoms with E-state index in [-0.39, 0.29) is 11.9 Å². The summed E-state index contributed by atoms with van der Waals surface area (Å²) in [7, 11) is 1.43. The minimum atomic E-state index is -1.10. The maximum atomic E-state index is 12.7. The van der Waals surface area contributed by atoms with E-state index >= 15 is 0 Å². The molecule has 7 heteroatoms. The van der Waals surface area contributed by atoms with E-state index in [1.807, 2.05) is 49.4 Å². The maximum Gasteiger partial charge on any atom is 0.412 e. The molecule has 2 heterocycles. The molecule has 0 fully saturated rings. The van der Waals surface area contributed by atoms with Crippen molar-refractivity contribution in [2.75, 3.05) is 11.9 Å². The zero-order chi connectivity index (χ0) is 21.3. The lowest BCUT2D eigenvalue weighted by molar-refractivity contribution is 0.0939. The van der Waals surface area contributed by atoms with E-state index in [9.17, 15) is 14.7 Å². The number of rotatable bonds is 4. The number of nitrogens with zero attached hydrogens (tertiary/aromatic N) is 2. The second-order valence-electron chi connectivity index (χ2n) is 7.15. The van der Waals surface area contributed by atoms with Crippen LogP contribution in [0, 0.1) is 0 Å². The molecule has 152 valence electrons. The van der Waals surface area contributed by atoms with Crippen LogP contribution in [0.1, 0.15) is 34.5 Å². The van der Waals surface area contributed by atoms with Crippen LogP contribution in [0.15, 0.2) is 60.8 Å². The lowest BCUT2D eigenvalue weighted by Gasteiger charge is -2.23. The highest BCUT2D eigenvalue weighted by molar-refractivity contribution is 5.96. The lowest BCUT2D eigenvalue weighted by Crippen LogP contribution is -2.27. The third-order valence-corrected chi connectivity index (χ3v) is 5.17. The van der Waals surface area contributed by atoms with E-state index in [0.717, 1.165) is 27.2 Å². The first-order chi connectivity index (χ1) is 14.4. The van der Waals surface area contributed by atoms with E-state index in [1.165, 1.54) is 13.2 Å². The zero-order valence-electron chi connectivity index (χ0n) is 16.6. The minimum Gasteiger partial charge on any atom is -0.487 e. The molecule has 0 radical (unpaired) electrons. The standard InChI is InChI=1S/C23H21N3O4/c1-14(15-6-4-3-5-7-15)25-22(27)16-8-9-18-17(10-16)13-30-20-12-24-21(11-19(18)20)26(2)23(28)29/h3-12,14H,13H2,1-2H3,(H,25,27)(H,28,29)/t14-/m1/s1. The van der Waals surface area contributed by atoms with Crippen molar-refractivity contribution in [3.8, 4) is 16.9 Å². The molecule has 0 aliphatic carbocycles. The van der Waals surface area contributed by atoms with Crippen LogP contribution in [-0.2, 0) is 6.61 Å². The van der Waals surface area contributed by atoms with Crippen LogP contribution in [-0.4, -0.2) is 29.1 Å². The summed E-state index contributed by atoms with van der Waals surface area (Å²) in [4.78, 5) is 29.2. The number of hydrogen-bond acceptors (Lipinski definition) is 4. The summed E-state index contributed by atoms with van der Waals surface area (Å²) in [5.41, 5.74) is 4.08. The van der Waals surface area contributed by atoms with Crippen molar-refractivity contribution in [1.29, 1.82) is 0 Å². The third kappa shape index (κ3) is 3.69. The largest absolute Gasteiger partial charge is 0.487 e. The molecule has 7 nitrogen and oxygen atoms in total. The van der Waals surface area contributed by atoms with Crippen molar-refractivity contribution in [1.82, 2.24) is 10.3 Å². The van der Waals surface area contributed by atoms with Crippen molar-refractivity contribution in [3.63, 3.8) is 0 Å². The van der Waals surface area contributed by atoms with Gasteiger partial charge in [0, 0.05) is 18.2 Å². The molecule has 0 spiro atoms. The number of anilines is 1. The molecular formula is C23H21N3O4. The molecular weight excluding hydrogens is 382 g/mol. The van der Waals surface area contributed by atoms with E-state index in [4.69, 9.17) is 4.74 Å². The molecule has 30 heavy (non-hydrogen) atoms. The number of fused-ring (bicyclic) bond motifs is 3. The van der Waals surface area contributed by atoms with E-state index in [1.54, 1.807) is 12.1 Å². The number of benzene rings is 2. The summed E-state index contributed by atoms with van der Waals surface area (Å²) < 4.78 is 5.77. The molecule has 2 aromatic carbocycles. The van der Waals surface area contributed by atoms with Crippen molar-refractivity contribution in [2.45, 2.75) is 19.6 Å². The number of ether oxygens (including phenoxy) is 1. The van der Waals surface area contributed by atoms with Gasteiger partial charge in [0.15, 0.2) is 0 Å². The second kappa shape index (κ2) is 7.87. The minimum absolute atomic E-state index is 0.119. The SMILES string of the molecule is C[C@@H](NC(=O)c1ccc2c(c1)COc1cnc(N(C)C(=O)O)cc1-2)c1ccccc1. The Morgan fingerprint density at radius 2 is 1.90 bits per heavy atom. The van der Waals surface area contributed by atoms with Gasteiger partial charge in [-0.15, -0.1) is 0 Å². The fourth-order valence-electron chi connectivity index (χ4n) is 3.42. The van der Waals surface area contributed by atoms with Crippen LogP contribution in [0.3, 0.4) is 0 Å². The molecule has 0 saturated heterocycles. The number of aromatic nitrogens is 1. The number of carbonyl (C=O) groups is 2. The van der Waals surface area contributed by atoms with Crippen LogP contribution in [0.4, 0.5) is 10.6 Å². The fourth-order valence-corrected chi connectivity index (χ4v) is 3.42. The molecule has 0 saturated carbocycles. The van der Waals surface area contributed by atoms with Crippen molar-refractivity contribution >= 4 is 17.8 Å². The Kier molecular flexibility index (Phi) is 5.10. The van der Waals surface area contributed by atoms with E-state index in [2.05, 4.69) is 10.3 Å². The van der Waals surface area contributed by atoms with Gasteiger partial charge in [0.2, 0.25) is 0 Å². The molecule has 2 amide bonds. The van der Waals surface area contributed by atoms with Crippen LogP contribution >= 0.6 is 0 Å². The van der Waals surface area contributed by atoms with Gasteiger partial charge in [0.25, 0.3) is 5.91 Å². The summed E-state index contributed by atoms with van der Waals surface area (Å²) in [6.07, 6.45) is 0.425. The Morgan fingerprint density at radius 1 is 1.13 bits per heavy atom. The molecule has 1 atom stereocenters. The molecule has 0 unspecified atom stereocenters. The molecule has 1 aliphatic heterocycles. The van der Waals surface area contributed by atoms with Gasteiger partial charge < -0.3 is 15.2 Å². The van der Waals surface area contributed by atoms with Gasteiger partial charge >= 0.3 is 6.09 Å². The highest BCUT2D eigenvalue weighted by atomic mass is 16.5. The van der Waals surface area contributed by atoms with Gasteiger partial charge in [-0.1, -0.05) is 36.4 Å². The van der Waals surface area contributed by atoms with E-state index in [0.29, 0.717) is 23.7 Å². The quantitative estimate of drug-likeness (QED) is 0.680. The third-order valence-electron chi connectivity index (χ3n) is 5.17. The Labute approximate surface area is 173 Å². The Hall–Kier alpha value is -3.87. The molecule has 0 bridgehead atoms. The highest BCUT2D eigenvalue weighted by Crippen LogP contribution is 2.39. The Morgan fingerprint density at radius 3 is 2.63 bits per heavy atom. The summed E-state index contributed by atoms with van der Waals surface area (Å²) in [5.74, 6) is 0.720. The number of carbonyl (C=O) groups excluding carboxylic acids is 1. The van der Waals surface area contributed by atoms with Crippen LogP contribution in [0.2, 0.25) is 0 Å². The molecule has 3 aromatic rings. The van der Waals surface area contributed by atoms with Crippen LogP contribution < -0.4 is 15.0 Å². The van der Waals surface area contributed by atoms with Crippen LogP contribution in [0.5, 0.6) is 5.75 Å². The molecule has 4 rings (SSSR count). The predicted molar refractivity (Wildman–Crippen MR) is 113 cm³/mol. The summed E-state index contributed by atoms with van der Waals surface area (Å²) in [5, 5.41) is 12.2. The van der Waals surface area contributed by atoms with Gasteiger partial charge in [-0.2, -0.15) is 0 Å². The Balaban J connectivity index is 1.60. The van der Waals surface area contributed by atoms with E-state index < -0.39 is 6.09 Å². The predicted octanol–water partition coefficient (Wildman–Crippen LogP) is 4.25. The smallest absolute Gasteiger partial charge is 0.412 e. The molecule has 1 aliphatic rings. The first-order valence-electron chi connectivity index (χ1n) is 9.52. The monoisotopic (exact) mass is 403 g/mol. The number of amides is 2. The molecule has 2 N–H and O–H groups in total. The topological polar surface area (TPSA) is 91.8 Å². The van der Waals surface area contributed by atoms with Gasteiger partial charge in [0.1, 0.15) is 18.2 Å². The summed E-state index contributed by atoms with van der Waals surface area (Å²) in [6, 6.07) is 16.8.